The van der Waals surface area contributed by atoms with Crippen LogP contribution in [0.25, 0.3) is 22.0 Å². The normalized spacial score (nSPS) is 10.7. The summed E-state index contributed by atoms with van der Waals surface area (Å²) in [6, 6.07) is 13.8. The third kappa shape index (κ3) is 1.84. The summed E-state index contributed by atoms with van der Waals surface area (Å²) >= 11 is 0. The molecule has 1 aromatic heterocycles. The zero-order valence-electron chi connectivity index (χ0n) is 9.67. The van der Waals surface area contributed by atoms with E-state index in [0.29, 0.717) is 0 Å². The van der Waals surface area contributed by atoms with Gasteiger partial charge in [0, 0.05) is 17.3 Å². The number of nitrogens with zero attached hydrogens (tertiary/aromatic N) is 2. The highest BCUT2D eigenvalue weighted by Crippen LogP contribution is 2.24. The molecule has 0 fully saturated rings. The first-order chi connectivity index (χ1) is 8.72. The minimum Gasteiger partial charge on any atom is -0.399 e. The third-order valence-corrected chi connectivity index (χ3v) is 2.85. The van der Waals surface area contributed by atoms with Crippen molar-refractivity contribution in [3.05, 3.63) is 48.7 Å². The highest BCUT2D eigenvalue weighted by atomic mass is 15.0. The molecule has 0 atom stereocenters. The van der Waals surface area contributed by atoms with Gasteiger partial charge in [0.1, 0.15) is 0 Å². The summed E-state index contributed by atoms with van der Waals surface area (Å²) in [5.74, 6) is 0.289. The fraction of sp³-hybridized carbons (Fsp3) is 0. The Kier molecular flexibility index (Phi) is 2.34. The van der Waals surface area contributed by atoms with Crippen molar-refractivity contribution in [2.45, 2.75) is 0 Å². The van der Waals surface area contributed by atoms with Crippen LogP contribution in [0.5, 0.6) is 0 Å². The number of anilines is 2. The molecular formula is C14H12N4. The van der Waals surface area contributed by atoms with Crippen LogP contribution in [0.4, 0.5) is 11.6 Å². The minimum atomic E-state index is 0.289. The van der Waals surface area contributed by atoms with E-state index < -0.39 is 0 Å². The molecule has 3 rings (SSSR count). The number of fused-ring (bicyclic) bond motifs is 1. The molecule has 1 heterocycles. The SMILES string of the molecule is Nc1ccc(-c2ccc3cnc(N)nc3c2)cc1. The van der Waals surface area contributed by atoms with E-state index in [2.05, 4.69) is 9.97 Å². The lowest BCUT2D eigenvalue weighted by Gasteiger charge is -2.04. The van der Waals surface area contributed by atoms with Crippen molar-refractivity contribution in [2.75, 3.05) is 11.5 Å². The van der Waals surface area contributed by atoms with E-state index in [4.69, 9.17) is 11.5 Å². The third-order valence-electron chi connectivity index (χ3n) is 2.85. The molecule has 0 aliphatic rings. The van der Waals surface area contributed by atoms with Gasteiger partial charge in [-0.3, -0.25) is 0 Å². The van der Waals surface area contributed by atoms with Gasteiger partial charge in [0.2, 0.25) is 5.95 Å². The lowest BCUT2D eigenvalue weighted by atomic mass is 10.0. The van der Waals surface area contributed by atoms with E-state index in [-0.39, 0.29) is 5.95 Å². The second-order valence-corrected chi connectivity index (χ2v) is 4.12. The molecule has 0 radical (unpaired) electrons. The Morgan fingerprint density at radius 1 is 0.833 bits per heavy atom. The molecule has 0 saturated heterocycles. The molecule has 4 N–H and O–H groups in total. The van der Waals surface area contributed by atoms with Crippen LogP contribution in [0.2, 0.25) is 0 Å². The van der Waals surface area contributed by atoms with Gasteiger partial charge in [-0.1, -0.05) is 24.3 Å². The van der Waals surface area contributed by atoms with E-state index in [9.17, 15) is 0 Å². The molecule has 4 heteroatoms. The van der Waals surface area contributed by atoms with E-state index in [1.54, 1.807) is 6.20 Å². The van der Waals surface area contributed by atoms with Crippen LogP contribution in [-0.2, 0) is 0 Å². The number of aromatic nitrogens is 2. The fourth-order valence-corrected chi connectivity index (χ4v) is 1.89. The van der Waals surface area contributed by atoms with E-state index >= 15 is 0 Å². The second-order valence-electron chi connectivity index (χ2n) is 4.12. The molecule has 4 nitrogen and oxygen atoms in total. The molecular weight excluding hydrogens is 224 g/mol. The summed E-state index contributed by atoms with van der Waals surface area (Å²) in [4.78, 5) is 8.19. The van der Waals surface area contributed by atoms with Gasteiger partial charge in [0.05, 0.1) is 5.52 Å². The Bertz CT molecular complexity index is 705. The maximum atomic E-state index is 5.68. The predicted octanol–water partition coefficient (Wildman–Crippen LogP) is 2.46. The van der Waals surface area contributed by atoms with Crippen LogP contribution in [0.15, 0.2) is 48.7 Å². The summed E-state index contributed by atoms with van der Waals surface area (Å²) in [6.07, 6.45) is 1.73. The zero-order chi connectivity index (χ0) is 12.5. The summed E-state index contributed by atoms with van der Waals surface area (Å²) in [5.41, 5.74) is 15.1. The molecule has 0 spiro atoms. The van der Waals surface area contributed by atoms with Gasteiger partial charge >= 0.3 is 0 Å². The van der Waals surface area contributed by atoms with Gasteiger partial charge in [-0.15, -0.1) is 0 Å². The molecule has 3 aromatic rings. The standard InChI is InChI=1S/C14H12N4/c15-12-5-3-9(4-6-12)10-1-2-11-8-17-14(16)18-13(11)7-10/h1-8H,15H2,(H2,16,17,18). The zero-order valence-corrected chi connectivity index (χ0v) is 9.67. The number of nitrogens with two attached hydrogens (primary N) is 2. The lowest BCUT2D eigenvalue weighted by Crippen LogP contribution is -1.94. The van der Waals surface area contributed by atoms with Crippen molar-refractivity contribution in [3.63, 3.8) is 0 Å². The largest absolute Gasteiger partial charge is 0.399 e. The van der Waals surface area contributed by atoms with Gasteiger partial charge in [0.25, 0.3) is 0 Å². The second kappa shape index (κ2) is 4.00. The van der Waals surface area contributed by atoms with Crippen LogP contribution in [0.1, 0.15) is 0 Å². The van der Waals surface area contributed by atoms with Gasteiger partial charge in [-0.25, -0.2) is 9.97 Å². The van der Waals surface area contributed by atoms with Gasteiger partial charge in [-0.05, 0) is 29.3 Å². The van der Waals surface area contributed by atoms with Gasteiger partial charge < -0.3 is 11.5 Å². The van der Waals surface area contributed by atoms with Crippen LogP contribution in [0.3, 0.4) is 0 Å². The average Bonchev–Trinajstić information content (AvgIpc) is 2.38. The minimum absolute atomic E-state index is 0.289. The highest BCUT2D eigenvalue weighted by Gasteiger charge is 2.01. The van der Waals surface area contributed by atoms with E-state index in [0.717, 1.165) is 27.7 Å². The van der Waals surface area contributed by atoms with Crippen molar-refractivity contribution >= 4 is 22.5 Å². The van der Waals surface area contributed by atoms with E-state index in [1.165, 1.54) is 0 Å². The maximum Gasteiger partial charge on any atom is 0.220 e. The summed E-state index contributed by atoms with van der Waals surface area (Å²) in [5, 5.41) is 0.975. The van der Waals surface area contributed by atoms with Crippen molar-refractivity contribution in [1.29, 1.82) is 0 Å². The number of benzene rings is 2. The monoisotopic (exact) mass is 236 g/mol. The molecule has 0 amide bonds. The van der Waals surface area contributed by atoms with Crippen molar-refractivity contribution in [3.8, 4) is 11.1 Å². The van der Waals surface area contributed by atoms with Crippen molar-refractivity contribution in [1.82, 2.24) is 9.97 Å². The first-order valence-electron chi connectivity index (χ1n) is 5.60. The molecule has 2 aromatic carbocycles. The Morgan fingerprint density at radius 2 is 1.56 bits per heavy atom. The molecule has 0 aliphatic heterocycles. The maximum absolute atomic E-state index is 5.68. The number of rotatable bonds is 1. The molecule has 0 unspecified atom stereocenters. The predicted molar refractivity (Wildman–Crippen MR) is 73.8 cm³/mol. The molecule has 0 bridgehead atoms. The first-order valence-corrected chi connectivity index (χ1v) is 5.60. The highest BCUT2D eigenvalue weighted by molar-refractivity contribution is 5.84. The lowest BCUT2D eigenvalue weighted by molar-refractivity contribution is 1.24. The molecule has 0 saturated carbocycles. The van der Waals surface area contributed by atoms with Crippen molar-refractivity contribution in [2.24, 2.45) is 0 Å². The Balaban J connectivity index is 2.15. The van der Waals surface area contributed by atoms with Gasteiger partial charge in [-0.2, -0.15) is 0 Å². The summed E-state index contributed by atoms with van der Waals surface area (Å²) in [6.45, 7) is 0. The van der Waals surface area contributed by atoms with Crippen LogP contribution in [-0.4, -0.2) is 9.97 Å². The number of hydrogen-bond acceptors (Lipinski definition) is 4. The Hall–Kier alpha value is -2.62. The van der Waals surface area contributed by atoms with Crippen molar-refractivity contribution < 1.29 is 0 Å². The first kappa shape index (κ1) is 10.5. The topological polar surface area (TPSA) is 77.8 Å². The summed E-state index contributed by atoms with van der Waals surface area (Å²) in [7, 11) is 0. The average molecular weight is 236 g/mol. The summed E-state index contributed by atoms with van der Waals surface area (Å²) < 4.78 is 0. The Labute approximate surface area is 104 Å². The van der Waals surface area contributed by atoms with Crippen LogP contribution in [0, 0.1) is 0 Å². The smallest absolute Gasteiger partial charge is 0.220 e. The van der Waals surface area contributed by atoms with E-state index in [1.807, 2.05) is 42.5 Å². The Morgan fingerprint density at radius 3 is 2.33 bits per heavy atom. The van der Waals surface area contributed by atoms with Gasteiger partial charge in [0.15, 0.2) is 0 Å². The molecule has 88 valence electrons. The fourth-order valence-electron chi connectivity index (χ4n) is 1.89. The number of nitrogen functional groups attached to an aromatic ring is 2. The number of hydrogen-bond donors (Lipinski definition) is 2. The molecule has 0 aliphatic carbocycles. The quantitative estimate of drug-likeness (QED) is 0.636. The molecule has 18 heavy (non-hydrogen) atoms. The van der Waals surface area contributed by atoms with Crippen LogP contribution < -0.4 is 11.5 Å². The van der Waals surface area contributed by atoms with Crippen LogP contribution >= 0.6 is 0 Å².